The number of halogens is 2. The topological polar surface area (TPSA) is 76.1 Å². The van der Waals surface area contributed by atoms with Crippen molar-refractivity contribution >= 4 is 40.7 Å². The van der Waals surface area contributed by atoms with Gasteiger partial charge < -0.3 is 19.5 Å². The highest BCUT2D eigenvalue weighted by atomic mass is 35.5. The molecule has 35 heavy (non-hydrogen) atoms. The molecule has 0 spiro atoms. The Hall–Kier alpha value is -3.48. The summed E-state index contributed by atoms with van der Waals surface area (Å²) in [5.74, 6) is -0.724. The van der Waals surface area contributed by atoms with Crippen molar-refractivity contribution in [1.82, 2.24) is 4.90 Å². The second-order valence-corrected chi connectivity index (χ2v) is 9.07. The number of ether oxygens (including phenoxy) is 2. The van der Waals surface area contributed by atoms with Gasteiger partial charge in [-0.2, -0.15) is 0 Å². The van der Waals surface area contributed by atoms with Crippen molar-refractivity contribution in [3.8, 4) is 11.5 Å². The van der Waals surface area contributed by atoms with Crippen LogP contribution in [0, 0.1) is 0 Å². The van der Waals surface area contributed by atoms with Gasteiger partial charge in [0.05, 0.1) is 21.7 Å². The highest BCUT2D eigenvalue weighted by molar-refractivity contribution is 6.46. The van der Waals surface area contributed by atoms with Gasteiger partial charge in [0.25, 0.3) is 11.7 Å². The third kappa shape index (κ3) is 4.47. The van der Waals surface area contributed by atoms with E-state index in [-0.39, 0.29) is 22.9 Å². The molecule has 6 nitrogen and oxygen atoms in total. The van der Waals surface area contributed by atoms with Gasteiger partial charge in [-0.15, -0.1) is 0 Å². The Bertz CT molecular complexity index is 1340. The van der Waals surface area contributed by atoms with Gasteiger partial charge in [0.15, 0.2) is 11.5 Å². The molecule has 0 aromatic heterocycles. The minimum Gasteiger partial charge on any atom is -0.507 e. The molecule has 2 aliphatic rings. The Labute approximate surface area is 212 Å². The second-order valence-electron chi connectivity index (χ2n) is 8.26. The minimum absolute atomic E-state index is 0.0156. The number of hydrogen-bond donors (Lipinski definition) is 1. The van der Waals surface area contributed by atoms with Crippen LogP contribution in [0.15, 0.2) is 72.3 Å². The van der Waals surface area contributed by atoms with E-state index in [1.807, 2.05) is 30.3 Å². The summed E-state index contributed by atoms with van der Waals surface area (Å²) in [5.41, 5.74) is 1.93. The van der Waals surface area contributed by atoms with Crippen LogP contribution in [-0.2, 0) is 16.0 Å². The first kappa shape index (κ1) is 23.3. The molecule has 1 atom stereocenters. The number of fused-ring (bicyclic) bond motifs is 1. The number of benzene rings is 3. The molecule has 1 saturated heterocycles. The predicted octanol–water partition coefficient (Wildman–Crippen LogP) is 5.43. The summed E-state index contributed by atoms with van der Waals surface area (Å²) in [7, 11) is 0. The summed E-state index contributed by atoms with van der Waals surface area (Å²) in [6, 6.07) is 18.7. The molecule has 3 aromatic rings. The second kappa shape index (κ2) is 9.64. The summed E-state index contributed by atoms with van der Waals surface area (Å²) < 4.78 is 11.2. The number of aliphatic hydroxyl groups is 1. The summed E-state index contributed by atoms with van der Waals surface area (Å²) in [5, 5.41) is 11.9. The Morgan fingerprint density at radius 1 is 0.914 bits per heavy atom. The molecule has 3 aromatic carbocycles. The van der Waals surface area contributed by atoms with E-state index in [1.54, 1.807) is 36.4 Å². The number of rotatable bonds is 5. The molecule has 5 rings (SSSR count). The molecule has 0 radical (unpaired) electrons. The first-order chi connectivity index (χ1) is 16.9. The van der Waals surface area contributed by atoms with Crippen molar-refractivity contribution in [2.75, 3.05) is 19.8 Å². The van der Waals surface area contributed by atoms with E-state index < -0.39 is 17.7 Å². The van der Waals surface area contributed by atoms with E-state index in [0.717, 1.165) is 5.56 Å². The van der Waals surface area contributed by atoms with Crippen molar-refractivity contribution in [2.45, 2.75) is 12.5 Å². The third-order valence-electron chi connectivity index (χ3n) is 6.10. The van der Waals surface area contributed by atoms with E-state index in [9.17, 15) is 14.7 Å². The van der Waals surface area contributed by atoms with Gasteiger partial charge in [0, 0.05) is 12.1 Å². The van der Waals surface area contributed by atoms with Crippen LogP contribution in [0.1, 0.15) is 22.7 Å². The van der Waals surface area contributed by atoms with Crippen LogP contribution in [0.4, 0.5) is 0 Å². The van der Waals surface area contributed by atoms with Crippen LogP contribution in [0.3, 0.4) is 0 Å². The summed E-state index contributed by atoms with van der Waals surface area (Å²) >= 11 is 12.4. The number of likely N-dealkylation sites (tertiary alicyclic amines) is 1. The fourth-order valence-electron chi connectivity index (χ4n) is 4.38. The fourth-order valence-corrected chi connectivity index (χ4v) is 4.69. The largest absolute Gasteiger partial charge is 0.507 e. The Morgan fingerprint density at radius 2 is 1.66 bits per heavy atom. The lowest BCUT2D eigenvalue weighted by Crippen LogP contribution is -2.31. The molecular weight excluding hydrogens is 489 g/mol. The van der Waals surface area contributed by atoms with Crippen LogP contribution in [0.25, 0.3) is 5.76 Å². The smallest absolute Gasteiger partial charge is 0.295 e. The SMILES string of the molecule is O=C1C(=O)N(CCc2ccccc2)[C@H](c2ccc(Cl)c(Cl)c2)C1=C(O)c1ccc2c(c1)OCCO2. The number of carbonyl (C=O) groups is 2. The zero-order valence-corrected chi connectivity index (χ0v) is 20.1. The zero-order valence-electron chi connectivity index (χ0n) is 18.5. The van der Waals surface area contributed by atoms with Crippen molar-refractivity contribution in [2.24, 2.45) is 0 Å². The quantitative estimate of drug-likeness (QED) is 0.282. The number of carbonyl (C=O) groups excluding carboxylic acids is 2. The summed E-state index contributed by atoms with van der Waals surface area (Å²) in [4.78, 5) is 27.9. The molecule has 0 bridgehead atoms. The van der Waals surface area contributed by atoms with Gasteiger partial charge in [-0.25, -0.2) is 0 Å². The maximum absolute atomic E-state index is 13.2. The van der Waals surface area contributed by atoms with E-state index in [4.69, 9.17) is 32.7 Å². The van der Waals surface area contributed by atoms with Gasteiger partial charge in [-0.05, 0) is 47.9 Å². The van der Waals surface area contributed by atoms with Gasteiger partial charge in [-0.3, -0.25) is 9.59 Å². The molecule has 8 heteroatoms. The Balaban J connectivity index is 1.59. The fraction of sp³-hybridized carbons (Fsp3) is 0.185. The predicted molar refractivity (Wildman–Crippen MR) is 133 cm³/mol. The van der Waals surface area contributed by atoms with E-state index in [1.165, 1.54) is 4.90 Å². The highest BCUT2D eigenvalue weighted by Crippen LogP contribution is 2.42. The molecule has 0 aliphatic carbocycles. The standard InChI is InChI=1S/C27H21Cl2NO5/c28-19-8-6-17(14-20(19)29)24-23(25(31)18-7-9-21-22(15-18)35-13-12-34-21)26(32)27(33)30(24)11-10-16-4-2-1-3-5-16/h1-9,14-15,24,31H,10-13H2/t24-/m1/s1. The van der Waals surface area contributed by atoms with Gasteiger partial charge >= 0.3 is 0 Å². The van der Waals surface area contributed by atoms with Crippen LogP contribution in [0.5, 0.6) is 11.5 Å². The normalized spacial score (nSPS) is 18.7. The van der Waals surface area contributed by atoms with E-state index in [0.29, 0.717) is 47.3 Å². The van der Waals surface area contributed by atoms with Crippen LogP contribution in [0.2, 0.25) is 10.0 Å². The van der Waals surface area contributed by atoms with Crippen molar-refractivity contribution in [3.05, 3.63) is 99.0 Å². The molecule has 0 saturated carbocycles. The molecule has 1 N–H and O–H groups in total. The average Bonchev–Trinajstić information content (AvgIpc) is 3.14. The monoisotopic (exact) mass is 509 g/mol. The molecule has 2 heterocycles. The lowest BCUT2D eigenvalue weighted by Gasteiger charge is -2.26. The van der Waals surface area contributed by atoms with E-state index >= 15 is 0 Å². The molecule has 1 fully saturated rings. The van der Waals surface area contributed by atoms with Crippen LogP contribution in [-0.4, -0.2) is 41.5 Å². The van der Waals surface area contributed by atoms with E-state index in [2.05, 4.69) is 0 Å². The number of Topliss-reactive ketones (excluding diaryl/α,β-unsaturated/α-hetero) is 1. The van der Waals surface area contributed by atoms with Crippen LogP contribution >= 0.6 is 23.2 Å². The minimum atomic E-state index is -0.832. The molecule has 0 unspecified atom stereocenters. The lowest BCUT2D eigenvalue weighted by atomic mass is 9.95. The summed E-state index contributed by atoms with van der Waals surface area (Å²) in [6.45, 7) is 1.09. The molecular formula is C27H21Cl2NO5. The maximum Gasteiger partial charge on any atom is 0.295 e. The number of nitrogens with zero attached hydrogens (tertiary/aromatic N) is 1. The van der Waals surface area contributed by atoms with Crippen molar-refractivity contribution in [3.63, 3.8) is 0 Å². The van der Waals surface area contributed by atoms with Crippen molar-refractivity contribution in [1.29, 1.82) is 0 Å². The third-order valence-corrected chi connectivity index (χ3v) is 6.84. The zero-order chi connectivity index (χ0) is 24.5. The first-order valence-corrected chi connectivity index (χ1v) is 11.9. The molecule has 178 valence electrons. The number of amides is 1. The number of hydrogen-bond acceptors (Lipinski definition) is 5. The molecule has 1 amide bonds. The highest BCUT2D eigenvalue weighted by Gasteiger charge is 2.46. The lowest BCUT2D eigenvalue weighted by molar-refractivity contribution is -0.139. The molecule has 2 aliphatic heterocycles. The van der Waals surface area contributed by atoms with Gasteiger partial charge in [-0.1, -0.05) is 59.6 Å². The Kier molecular flexibility index (Phi) is 6.41. The maximum atomic E-state index is 13.2. The van der Waals surface area contributed by atoms with Gasteiger partial charge in [0.1, 0.15) is 19.0 Å². The first-order valence-electron chi connectivity index (χ1n) is 11.1. The van der Waals surface area contributed by atoms with Crippen molar-refractivity contribution < 1.29 is 24.2 Å². The number of ketones is 1. The summed E-state index contributed by atoms with van der Waals surface area (Å²) in [6.07, 6.45) is 0.537. The van der Waals surface area contributed by atoms with Gasteiger partial charge in [0.2, 0.25) is 0 Å². The number of aliphatic hydroxyl groups excluding tert-OH is 1. The average molecular weight is 510 g/mol. The Morgan fingerprint density at radius 3 is 2.40 bits per heavy atom. The van der Waals surface area contributed by atoms with Crippen LogP contribution < -0.4 is 9.47 Å².